The molecule has 23 heavy (non-hydrogen) atoms. The molecule has 126 valence electrons. The van der Waals surface area contributed by atoms with Crippen LogP contribution in [-0.4, -0.2) is 31.1 Å². The van der Waals surface area contributed by atoms with Gasteiger partial charge in [-0.25, -0.2) is 0 Å². The quantitative estimate of drug-likeness (QED) is 0.813. The van der Waals surface area contributed by atoms with E-state index in [1.807, 2.05) is 38.3 Å². The summed E-state index contributed by atoms with van der Waals surface area (Å²) in [6.45, 7) is 3.89. The van der Waals surface area contributed by atoms with Crippen LogP contribution in [0.1, 0.15) is 30.7 Å². The molecule has 1 amide bonds. The number of ether oxygens (including phenoxy) is 1. The van der Waals surface area contributed by atoms with Crippen molar-refractivity contribution in [3.8, 4) is 5.75 Å². The molecule has 0 saturated carbocycles. The van der Waals surface area contributed by atoms with Crippen LogP contribution < -0.4 is 15.8 Å². The number of carbonyl (C=O) groups is 1. The number of aryl methyl sites for hydroxylation is 1. The predicted octanol–water partition coefficient (Wildman–Crippen LogP) is 3.01. The minimum absolute atomic E-state index is 0.149. The van der Waals surface area contributed by atoms with E-state index in [2.05, 4.69) is 5.32 Å². The van der Waals surface area contributed by atoms with Gasteiger partial charge in [-0.1, -0.05) is 0 Å². The number of hydrogen-bond acceptors (Lipinski definition) is 5. The Morgan fingerprint density at radius 1 is 1.48 bits per heavy atom. The first-order valence-electron chi connectivity index (χ1n) is 7.59. The molecule has 2 atom stereocenters. The lowest BCUT2D eigenvalue weighted by molar-refractivity contribution is -0.123. The summed E-state index contributed by atoms with van der Waals surface area (Å²) in [4.78, 5) is 12.2. The number of rotatable bonds is 7. The van der Waals surface area contributed by atoms with Gasteiger partial charge in [-0.05, 0) is 50.5 Å². The Balaban J connectivity index is 2.16. The molecule has 1 heterocycles. The molecule has 1 unspecified atom stereocenters. The van der Waals surface area contributed by atoms with E-state index in [9.17, 15) is 4.79 Å². The largest absolute Gasteiger partial charge is 0.497 e. The summed E-state index contributed by atoms with van der Waals surface area (Å²) < 4.78 is 11.2. The fraction of sp³-hybridized carbons (Fsp3) is 0.471. The number of benzene rings is 1. The standard InChI is InChI=1S/C17H24N2O3S/c1-10-13-9-12(21-3)5-6-15(13)22-16(10)11(2)19-17(20)14(18)7-8-23-4/h5-6,9,11,14H,7-8,18H2,1-4H3,(H,19,20)/t11?,14-/m0/s1. The summed E-state index contributed by atoms with van der Waals surface area (Å²) in [5, 5.41) is 3.93. The number of methoxy groups -OCH3 is 1. The molecular formula is C17H24N2O3S. The molecule has 0 aliphatic heterocycles. The summed E-state index contributed by atoms with van der Waals surface area (Å²) in [7, 11) is 1.64. The third-order valence-electron chi connectivity index (χ3n) is 3.90. The lowest BCUT2D eigenvalue weighted by Crippen LogP contribution is -2.42. The second kappa shape index (κ2) is 7.75. The van der Waals surface area contributed by atoms with Gasteiger partial charge < -0.3 is 20.2 Å². The molecular weight excluding hydrogens is 312 g/mol. The Kier molecular flexibility index (Phi) is 5.96. The fourth-order valence-electron chi connectivity index (χ4n) is 2.52. The van der Waals surface area contributed by atoms with Gasteiger partial charge >= 0.3 is 0 Å². The smallest absolute Gasteiger partial charge is 0.237 e. The summed E-state index contributed by atoms with van der Waals surface area (Å²) >= 11 is 1.68. The van der Waals surface area contributed by atoms with Crippen molar-refractivity contribution in [2.45, 2.75) is 32.4 Å². The highest BCUT2D eigenvalue weighted by atomic mass is 32.2. The maximum atomic E-state index is 12.2. The Hall–Kier alpha value is -1.66. The molecule has 0 bridgehead atoms. The zero-order chi connectivity index (χ0) is 17.0. The molecule has 0 spiro atoms. The Morgan fingerprint density at radius 3 is 2.87 bits per heavy atom. The monoisotopic (exact) mass is 336 g/mol. The van der Waals surface area contributed by atoms with Crippen molar-refractivity contribution in [1.29, 1.82) is 0 Å². The van der Waals surface area contributed by atoms with Crippen LogP contribution in [0.4, 0.5) is 0 Å². The average molecular weight is 336 g/mol. The van der Waals surface area contributed by atoms with Gasteiger partial charge in [0.1, 0.15) is 17.1 Å². The summed E-state index contributed by atoms with van der Waals surface area (Å²) in [6.07, 6.45) is 2.66. The van der Waals surface area contributed by atoms with Gasteiger partial charge in [-0.2, -0.15) is 11.8 Å². The van der Waals surface area contributed by atoms with E-state index in [0.717, 1.165) is 33.8 Å². The van der Waals surface area contributed by atoms with Gasteiger partial charge in [-0.15, -0.1) is 0 Å². The highest BCUT2D eigenvalue weighted by molar-refractivity contribution is 7.98. The highest BCUT2D eigenvalue weighted by Gasteiger charge is 2.21. The van der Waals surface area contributed by atoms with E-state index >= 15 is 0 Å². The molecule has 1 aromatic heterocycles. The van der Waals surface area contributed by atoms with Crippen LogP contribution in [-0.2, 0) is 4.79 Å². The highest BCUT2D eigenvalue weighted by Crippen LogP contribution is 2.31. The zero-order valence-electron chi connectivity index (χ0n) is 14.0. The second-order valence-corrected chi connectivity index (χ2v) is 6.56. The lowest BCUT2D eigenvalue weighted by Gasteiger charge is -2.16. The Labute approximate surface area is 140 Å². The number of fused-ring (bicyclic) bond motifs is 1. The lowest BCUT2D eigenvalue weighted by atomic mass is 10.1. The summed E-state index contributed by atoms with van der Waals surface area (Å²) in [6, 6.07) is 4.95. The number of thioether (sulfide) groups is 1. The number of hydrogen-bond donors (Lipinski definition) is 2. The minimum Gasteiger partial charge on any atom is -0.497 e. The van der Waals surface area contributed by atoms with Crippen LogP contribution in [0.3, 0.4) is 0 Å². The van der Waals surface area contributed by atoms with Gasteiger partial charge in [0.2, 0.25) is 5.91 Å². The van der Waals surface area contributed by atoms with Crippen LogP contribution in [0, 0.1) is 6.92 Å². The molecule has 0 saturated heterocycles. The molecule has 0 aliphatic carbocycles. The number of furan rings is 1. The molecule has 3 N–H and O–H groups in total. The van der Waals surface area contributed by atoms with Crippen LogP contribution in [0.15, 0.2) is 22.6 Å². The SMILES string of the molecule is COc1ccc2oc(C(C)NC(=O)[C@@H](N)CCSC)c(C)c2c1. The van der Waals surface area contributed by atoms with E-state index in [0.29, 0.717) is 6.42 Å². The van der Waals surface area contributed by atoms with Gasteiger partial charge in [0.05, 0.1) is 19.2 Å². The van der Waals surface area contributed by atoms with Gasteiger partial charge in [0, 0.05) is 10.9 Å². The molecule has 6 heteroatoms. The molecule has 0 fully saturated rings. The third-order valence-corrected chi connectivity index (χ3v) is 4.55. The van der Waals surface area contributed by atoms with Crippen LogP contribution >= 0.6 is 11.8 Å². The van der Waals surface area contributed by atoms with Crippen molar-refractivity contribution in [3.05, 3.63) is 29.5 Å². The Morgan fingerprint density at radius 2 is 2.22 bits per heavy atom. The maximum absolute atomic E-state index is 12.2. The van der Waals surface area contributed by atoms with E-state index < -0.39 is 6.04 Å². The molecule has 5 nitrogen and oxygen atoms in total. The van der Waals surface area contributed by atoms with Crippen molar-refractivity contribution in [1.82, 2.24) is 5.32 Å². The molecule has 2 aromatic rings. The predicted molar refractivity (Wildman–Crippen MR) is 95.0 cm³/mol. The molecule has 0 radical (unpaired) electrons. The normalized spacial score (nSPS) is 13.8. The first-order valence-corrected chi connectivity index (χ1v) is 8.99. The van der Waals surface area contributed by atoms with E-state index in [4.69, 9.17) is 14.9 Å². The molecule has 1 aromatic carbocycles. The number of nitrogens with two attached hydrogens (primary N) is 1. The van der Waals surface area contributed by atoms with Gasteiger partial charge in [-0.3, -0.25) is 4.79 Å². The van der Waals surface area contributed by atoms with Crippen LogP contribution in [0.5, 0.6) is 5.75 Å². The van der Waals surface area contributed by atoms with Gasteiger partial charge in [0.15, 0.2) is 0 Å². The van der Waals surface area contributed by atoms with Crippen LogP contribution in [0.25, 0.3) is 11.0 Å². The first-order chi connectivity index (χ1) is 11.0. The van der Waals surface area contributed by atoms with E-state index in [1.54, 1.807) is 18.9 Å². The number of carbonyl (C=O) groups excluding carboxylic acids is 1. The van der Waals surface area contributed by atoms with Crippen molar-refractivity contribution in [2.75, 3.05) is 19.1 Å². The summed E-state index contributed by atoms with van der Waals surface area (Å²) in [5.41, 5.74) is 7.70. The topological polar surface area (TPSA) is 77.5 Å². The Bertz CT molecular complexity index is 684. The summed E-state index contributed by atoms with van der Waals surface area (Å²) in [5.74, 6) is 2.25. The van der Waals surface area contributed by atoms with Crippen molar-refractivity contribution >= 4 is 28.6 Å². The average Bonchev–Trinajstić information content (AvgIpc) is 2.88. The second-order valence-electron chi connectivity index (χ2n) is 5.57. The fourth-order valence-corrected chi connectivity index (χ4v) is 3.01. The minimum atomic E-state index is -0.491. The zero-order valence-corrected chi connectivity index (χ0v) is 14.8. The third kappa shape index (κ3) is 4.00. The maximum Gasteiger partial charge on any atom is 0.237 e. The van der Waals surface area contributed by atoms with Crippen molar-refractivity contribution < 1.29 is 13.9 Å². The van der Waals surface area contributed by atoms with E-state index in [1.165, 1.54) is 0 Å². The number of nitrogens with one attached hydrogen (secondary N) is 1. The number of amides is 1. The van der Waals surface area contributed by atoms with Crippen molar-refractivity contribution in [3.63, 3.8) is 0 Å². The van der Waals surface area contributed by atoms with Gasteiger partial charge in [0.25, 0.3) is 0 Å². The van der Waals surface area contributed by atoms with Crippen molar-refractivity contribution in [2.24, 2.45) is 5.73 Å². The molecule has 0 aliphatic rings. The first kappa shape index (κ1) is 17.7. The van der Waals surface area contributed by atoms with E-state index in [-0.39, 0.29) is 11.9 Å². The molecule has 2 rings (SSSR count). The van der Waals surface area contributed by atoms with Crippen LogP contribution in [0.2, 0.25) is 0 Å².